The number of hydrogen-bond donors (Lipinski definition) is 2. The number of amidine groups is 1. The summed E-state index contributed by atoms with van der Waals surface area (Å²) in [6.45, 7) is 2.74. The number of nitrogens with one attached hydrogen (secondary N) is 1. The third-order valence-corrected chi connectivity index (χ3v) is 1.87. The molecule has 0 spiro atoms. The Morgan fingerprint density at radius 2 is 2.50 bits per heavy atom. The topological polar surface area (TPSA) is 76.7 Å². The van der Waals surface area contributed by atoms with Gasteiger partial charge in [0.25, 0.3) is 0 Å². The molecular weight excluding hydrogens is 158 g/mol. The smallest absolute Gasteiger partial charge is 0.234 e. The van der Waals surface area contributed by atoms with Crippen molar-refractivity contribution in [2.24, 2.45) is 10.7 Å². The molecule has 1 unspecified atom stereocenters. The predicted molar refractivity (Wildman–Crippen MR) is 44.9 cm³/mol. The molecule has 5 nitrogen and oxygen atoms in total. The van der Waals surface area contributed by atoms with Gasteiger partial charge in [0.2, 0.25) is 5.72 Å². The van der Waals surface area contributed by atoms with Crippen LogP contribution in [0.4, 0.5) is 0 Å². The van der Waals surface area contributed by atoms with Crippen molar-refractivity contribution in [3.63, 3.8) is 0 Å². The van der Waals surface area contributed by atoms with Gasteiger partial charge in [0.05, 0.1) is 6.54 Å². The minimum absolute atomic E-state index is 0.252. The van der Waals surface area contributed by atoms with E-state index in [4.69, 9.17) is 10.5 Å². The molecule has 0 fully saturated rings. The summed E-state index contributed by atoms with van der Waals surface area (Å²) in [6.07, 6.45) is 0. The third kappa shape index (κ3) is 1.33. The Morgan fingerprint density at radius 3 is 2.83 bits per heavy atom. The lowest BCUT2D eigenvalue weighted by molar-refractivity contribution is -0.131. The normalized spacial score (nSPS) is 21.1. The van der Waals surface area contributed by atoms with Crippen molar-refractivity contribution in [3.05, 3.63) is 0 Å². The van der Waals surface area contributed by atoms with Gasteiger partial charge in [-0.3, -0.25) is 15.5 Å². The van der Waals surface area contributed by atoms with E-state index in [1.165, 1.54) is 14.0 Å². The second-order valence-corrected chi connectivity index (χ2v) is 2.65. The zero-order chi connectivity index (χ0) is 9.19. The number of hydrogen-bond acceptors (Lipinski definition) is 5. The van der Waals surface area contributed by atoms with Crippen LogP contribution in [0.15, 0.2) is 4.99 Å². The lowest BCUT2D eigenvalue weighted by atomic mass is 10.1. The molecule has 1 heterocycles. The Balaban J connectivity index is 2.85. The molecule has 68 valence electrons. The van der Waals surface area contributed by atoms with Gasteiger partial charge >= 0.3 is 0 Å². The number of nitrogens with two attached hydrogens (primary N) is 1. The molecule has 12 heavy (non-hydrogen) atoms. The molecule has 0 saturated heterocycles. The van der Waals surface area contributed by atoms with E-state index in [0.717, 1.165) is 0 Å². The lowest BCUT2D eigenvalue weighted by Gasteiger charge is -2.24. The second-order valence-electron chi connectivity index (χ2n) is 2.65. The van der Waals surface area contributed by atoms with Crippen molar-refractivity contribution in [2.75, 3.05) is 20.2 Å². The van der Waals surface area contributed by atoms with Gasteiger partial charge < -0.3 is 10.1 Å². The molecule has 0 bridgehead atoms. The zero-order valence-corrected chi connectivity index (χ0v) is 7.26. The van der Waals surface area contributed by atoms with Crippen molar-refractivity contribution in [2.45, 2.75) is 12.6 Å². The third-order valence-electron chi connectivity index (χ3n) is 1.87. The van der Waals surface area contributed by atoms with Crippen LogP contribution in [0.5, 0.6) is 0 Å². The monoisotopic (exact) mass is 171 g/mol. The van der Waals surface area contributed by atoms with E-state index in [9.17, 15) is 4.79 Å². The SMILES string of the molecule is COC(N)(C(C)=O)C1=NCCN1. The van der Waals surface area contributed by atoms with Gasteiger partial charge in [0, 0.05) is 13.7 Å². The number of nitrogens with zero attached hydrogens (tertiary/aromatic N) is 1. The van der Waals surface area contributed by atoms with Crippen molar-refractivity contribution < 1.29 is 9.53 Å². The molecule has 1 rings (SSSR count). The van der Waals surface area contributed by atoms with Gasteiger partial charge in [-0.1, -0.05) is 0 Å². The second kappa shape index (κ2) is 3.20. The predicted octanol–water partition coefficient (Wildman–Crippen LogP) is -1.12. The van der Waals surface area contributed by atoms with Crippen LogP contribution in [0.25, 0.3) is 0 Å². The molecule has 0 saturated carbocycles. The van der Waals surface area contributed by atoms with E-state index in [1.54, 1.807) is 0 Å². The van der Waals surface area contributed by atoms with Gasteiger partial charge in [0.1, 0.15) is 0 Å². The van der Waals surface area contributed by atoms with Crippen LogP contribution in [0.3, 0.4) is 0 Å². The first-order chi connectivity index (χ1) is 5.61. The van der Waals surface area contributed by atoms with Crippen LogP contribution in [0.2, 0.25) is 0 Å². The van der Waals surface area contributed by atoms with Crippen LogP contribution in [0.1, 0.15) is 6.92 Å². The van der Waals surface area contributed by atoms with E-state index in [1.807, 2.05) is 0 Å². The maximum absolute atomic E-state index is 11.1. The molecular formula is C7H13N3O2. The number of ketones is 1. The summed E-state index contributed by atoms with van der Waals surface area (Å²) in [5.74, 6) is 0.177. The Labute approximate surface area is 71.0 Å². The Bertz CT molecular complexity index is 227. The minimum atomic E-state index is -1.38. The fourth-order valence-corrected chi connectivity index (χ4v) is 1.05. The first-order valence-electron chi connectivity index (χ1n) is 3.75. The molecule has 0 aromatic heterocycles. The molecule has 1 aliphatic heterocycles. The molecule has 0 aromatic rings. The van der Waals surface area contributed by atoms with E-state index in [2.05, 4.69) is 10.3 Å². The summed E-state index contributed by atoms with van der Waals surface area (Å²) < 4.78 is 4.92. The average molecular weight is 171 g/mol. The summed E-state index contributed by atoms with van der Waals surface area (Å²) in [6, 6.07) is 0. The number of rotatable bonds is 3. The summed E-state index contributed by atoms with van der Waals surface area (Å²) in [4.78, 5) is 15.1. The van der Waals surface area contributed by atoms with E-state index < -0.39 is 5.72 Å². The average Bonchev–Trinajstić information content (AvgIpc) is 2.54. The van der Waals surface area contributed by atoms with Gasteiger partial charge in [-0.2, -0.15) is 0 Å². The number of carbonyl (C=O) groups is 1. The summed E-state index contributed by atoms with van der Waals surface area (Å²) in [5.41, 5.74) is 4.30. The highest BCUT2D eigenvalue weighted by molar-refractivity contribution is 6.10. The quantitative estimate of drug-likeness (QED) is 0.527. The molecule has 0 amide bonds. The number of aliphatic imine (C=N–C) groups is 1. The minimum Gasteiger partial charge on any atom is -0.368 e. The molecule has 5 heteroatoms. The highest BCUT2D eigenvalue weighted by Crippen LogP contribution is 2.07. The van der Waals surface area contributed by atoms with Crippen molar-refractivity contribution in [1.29, 1.82) is 0 Å². The van der Waals surface area contributed by atoms with Crippen LogP contribution in [0, 0.1) is 0 Å². The molecule has 0 radical (unpaired) electrons. The van der Waals surface area contributed by atoms with Gasteiger partial charge in [-0.05, 0) is 6.92 Å². The Kier molecular flexibility index (Phi) is 2.44. The van der Waals surface area contributed by atoms with Crippen LogP contribution >= 0.6 is 0 Å². The maximum Gasteiger partial charge on any atom is 0.234 e. The highest BCUT2D eigenvalue weighted by Gasteiger charge is 2.38. The van der Waals surface area contributed by atoms with Gasteiger partial charge in [-0.25, -0.2) is 0 Å². The van der Waals surface area contributed by atoms with E-state index >= 15 is 0 Å². The molecule has 0 aromatic carbocycles. The molecule has 3 N–H and O–H groups in total. The first-order valence-corrected chi connectivity index (χ1v) is 3.75. The van der Waals surface area contributed by atoms with E-state index in [0.29, 0.717) is 18.9 Å². The van der Waals surface area contributed by atoms with Crippen molar-refractivity contribution in [3.8, 4) is 0 Å². The number of carbonyl (C=O) groups excluding carboxylic acids is 1. The zero-order valence-electron chi connectivity index (χ0n) is 7.26. The Hall–Kier alpha value is -0.940. The fourth-order valence-electron chi connectivity index (χ4n) is 1.05. The highest BCUT2D eigenvalue weighted by atomic mass is 16.5. The first kappa shape index (κ1) is 9.15. The maximum atomic E-state index is 11.1. The van der Waals surface area contributed by atoms with Crippen LogP contribution < -0.4 is 11.1 Å². The molecule has 1 aliphatic rings. The van der Waals surface area contributed by atoms with Crippen LogP contribution in [-0.2, 0) is 9.53 Å². The standard InChI is InChI=1S/C7H13N3O2/c1-5(11)7(8,12-2)6-9-3-4-10-6/h3-4,8H2,1-2H3,(H,9,10). The fraction of sp³-hybridized carbons (Fsp3) is 0.714. The number of methoxy groups -OCH3 is 1. The summed E-state index contributed by atoms with van der Waals surface area (Å²) in [7, 11) is 1.39. The van der Waals surface area contributed by atoms with E-state index in [-0.39, 0.29) is 5.78 Å². The number of Topliss-reactive ketones (excluding diaryl/α,β-unsaturated/α-hetero) is 1. The van der Waals surface area contributed by atoms with Gasteiger partial charge in [0.15, 0.2) is 11.6 Å². The lowest BCUT2D eigenvalue weighted by Crippen LogP contribution is -2.59. The van der Waals surface area contributed by atoms with Gasteiger partial charge in [-0.15, -0.1) is 0 Å². The Morgan fingerprint density at radius 1 is 1.83 bits per heavy atom. The number of ether oxygens (including phenoxy) is 1. The van der Waals surface area contributed by atoms with Crippen molar-refractivity contribution in [1.82, 2.24) is 5.32 Å². The summed E-state index contributed by atoms with van der Waals surface area (Å²) in [5, 5.41) is 2.91. The molecule has 0 aliphatic carbocycles. The largest absolute Gasteiger partial charge is 0.368 e. The van der Waals surface area contributed by atoms with Crippen molar-refractivity contribution >= 4 is 11.6 Å². The molecule has 1 atom stereocenters. The summed E-state index contributed by atoms with van der Waals surface area (Å²) >= 11 is 0. The van der Waals surface area contributed by atoms with Crippen LogP contribution in [-0.4, -0.2) is 37.5 Å².